The maximum absolute atomic E-state index is 12.6. The number of rotatable bonds is 2. The number of hydrogen-bond acceptors (Lipinski definition) is 5. The molecule has 2 aromatic heterocycles. The van der Waals surface area contributed by atoms with Crippen LogP contribution in [0.2, 0.25) is 0 Å². The average molecular weight is 403 g/mol. The molecule has 1 saturated carbocycles. The summed E-state index contributed by atoms with van der Waals surface area (Å²) < 4.78 is 2.22. The second kappa shape index (κ2) is 6.72. The molecule has 1 atom stereocenters. The Morgan fingerprint density at radius 1 is 1.13 bits per heavy atom. The monoisotopic (exact) mass is 402 g/mol. The lowest BCUT2D eigenvalue weighted by molar-refractivity contribution is 0.0833. The quantitative estimate of drug-likeness (QED) is 0.613. The fraction of sp³-hybridized carbons (Fsp3) is 0.435. The van der Waals surface area contributed by atoms with E-state index in [0.29, 0.717) is 12.5 Å². The van der Waals surface area contributed by atoms with Gasteiger partial charge >= 0.3 is 0 Å². The number of amides is 1. The lowest BCUT2D eigenvalue weighted by atomic mass is 9.80. The first-order chi connectivity index (χ1) is 14.7. The van der Waals surface area contributed by atoms with Gasteiger partial charge < -0.3 is 20.5 Å². The first-order valence-corrected chi connectivity index (χ1v) is 11.0. The van der Waals surface area contributed by atoms with E-state index in [2.05, 4.69) is 49.8 Å². The molecule has 0 saturated heterocycles. The van der Waals surface area contributed by atoms with Crippen molar-refractivity contribution in [3.8, 4) is 0 Å². The standard InChI is InChI=1S/C23H26N6O/c30-21-19-11-16-12-25-22(27-17-10-15-6-2-3-7-18(15)24-13-17)28-20(16)29(19)23(14-26-21)8-4-1-5-9-23/h2-3,6-7,11-12,17,24H,1,4-5,8-10,13-14H2,(H,26,30)(H,25,27,28)/t17-/m0/s1. The summed E-state index contributed by atoms with van der Waals surface area (Å²) in [5.74, 6) is 0.623. The number of para-hydroxylation sites is 1. The summed E-state index contributed by atoms with van der Waals surface area (Å²) in [5, 5.41) is 11.1. The second-order valence-corrected chi connectivity index (χ2v) is 8.89. The number of hydrogen-bond donors (Lipinski definition) is 3. The molecule has 1 amide bonds. The van der Waals surface area contributed by atoms with E-state index in [4.69, 9.17) is 4.98 Å². The molecule has 3 aromatic rings. The number of nitrogens with one attached hydrogen (secondary N) is 3. The summed E-state index contributed by atoms with van der Waals surface area (Å²) in [6.07, 6.45) is 8.60. The van der Waals surface area contributed by atoms with E-state index in [1.165, 1.54) is 30.5 Å². The molecule has 7 nitrogen and oxygen atoms in total. The van der Waals surface area contributed by atoms with Gasteiger partial charge in [-0.25, -0.2) is 4.98 Å². The molecule has 0 unspecified atom stereocenters. The summed E-state index contributed by atoms with van der Waals surface area (Å²) >= 11 is 0. The van der Waals surface area contributed by atoms with Crippen LogP contribution in [0.4, 0.5) is 11.6 Å². The summed E-state index contributed by atoms with van der Waals surface area (Å²) in [6.45, 7) is 1.52. The van der Waals surface area contributed by atoms with Gasteiger partial charge in [-0.1, -0.05) is 37.5 Å². The van der Waals surface area contributed by atoms with Crippen molar-refractivity contribution in [3.05, 3.63) is 47.8 Å². The van der Waals surface area contributed by atoms with E-state index < -0.39 is 0 Å². The van der Waals surface area contributed by atoms with Crippen molar-refractivity contribution in [1.82, 2.24) is 19.9 Å². The largest absolute Gasteiger partial charge is 0.383 e. The van der Waals surface area contributed by atoms with Crippen LogP contribution in [0.25, 0.3) is 11.0 Å². The molecular formula is C23H26N6O. The normalized spacial score (nSPS) is 22.1. The highest BCUT2D eigenvalue weighted by Crippen LogP contribution is 2.40. The lowest BCUT2D eigenvalue weighted by Gasteiger charge is -2.42. The fourth-order valence-electron chi connectivity index (χ4n) is 5.46. The number of carbonyl (C=O) groups excluding carboxylic acids is 1. The Labute approximate surface area is 175 Å². The number of carbonyl (C=O) groups is 1. The van der Waals surface area contributed by atoms with E-state index in [1.807, 2.05) is 12.3 Å². The molecule has 2 aliphatic heterocycles. The number of fused-ring (bicyclic) bond motifs is 5. The van der Waals surface area contributed by atoms with Crippen molar-refractivity contribution in [2.24, 2.45) is 0 Å². The average Bonchev–Trinajstić information content (AvgIpc) is 3.18. The van der Waals surface area contributed by atoms with Crippen molar-refractivity contribution < 1.29 is 4.79 Å². The molecule has 0 radical (unpaired) electrons. The van der Waals surface area contributed by atoms with Crippen LogP contribution in [-0.2, 0) is 12.0 Å². The smallest absolute Gasteiger partial charge is 0.268 e. The molecule has 30 heavy (non-hydrogen) atoms. The minimum atomic E-state index is -0.0554. The molecule has 1 spiro atoms. The molecule has 1 fully saturated rings. The first kappa shape index (κ1) is 17.7. The van der Waals surface area contributed by atoms with Crippen LogP contribution in [0.5, 0.6) is 0 Å². The highest BCUT2D eigenvalue weighted by Gasteiger charge is 2.41. The Balaban J connectivity index is 1.36. The van der Waals surface area contributed by atoms with Crippen LogP contribution in [0, 0.1) is 0 Å². The second-order valence-electron chi connectivity index (χ2n) is 8.89. The summed E-state index contributed by atoms with van der Waals surface area (Å²) in [7, 11) is 0. The van der Waals surface area contributed by atoms with E-state index in [1.54, 1.807) is 0 Å². The number of nitrogens with zero attached hydrogens (tertiary/aromatic N) is 3. The van der Waals surface area contributed by atoms with E-state index in [0.717, 1.165) is 42.5 Å². The van der Waals surface area contributed by atoms with Crippen LogP contribution < -0.4 is 16.0 Å². The number of anilines is 2. The maximum atomic E-state index is 12.6. The fourth-order valence-corrected chi connectivity index (χ4v) is 5.46. The van der Waals surface area contributed by atoms with Gasteiger partial charge in [0.25, 0.3) is 5.91 Å². The van der Waals surface area contributed by atoms with Gasteiger partial charge in [0.15, 0.2) is 0 Å². The van der Waals surface area contributed by atoms with Gasteiger partial charge in [-0.2, -0.15) is 4.98 Å². The van der Waals surface area contributed by atoms with Crippen LogP contribution >= 0.6 is 0 Å². The molecule has 3 aliphatic rings. The third kappa shape index (κ3) is 2.75. The molecule has 3 N–H and O–H groups in total. The van der Waals surface area contributed by atoms with Crippen molar-refractivity contribution in [2.45, 2.75) is 50.1 Å². The lowest BCUT2D eigenvalue weighted by Crippen LogP contribution is -2.52. The SMILES string of the molecule is O=C1NCC2(CCCCC2)n2c1cc1cnc(N[C@@H]3CNc4ccccc4C3)nc12. The molecular weight excluding hydrogens is 376 g/mol. The number of benzene rings is 1. The van der Waals surface area contributed by atoms with Gasteiger partial charge in [-0.15, -0.1) is 0 Å². The van der Waals surface area contributed by atoms with Crippen molar-refractivity contribution in [1.29, 1.82) is 0 Å². The van der Waals surface area contributed by atoms with Gasteiger partial charge in [0, 0.05) is 30.4 Å². The Hall–Kier alpha value is -3.09. The minimum absolute atomic E-state index is 0.00760. The van der Waals surface area contributed by atoms with Gasteiger partial charge in [0.05, 0.1) is 11.6 Å². The minimum Gasteiger partial charge on any atom is -0.383 e. The molecule has 0 bridgehead atoms. The highest BCUT2D eigenvalue weighted by atomic mass is 16.2. The van der Waals surface area contributed by atoms with Gasteiger partial charge in [-0.3, -0.25) is 4.79 Å². The van der Waals surface area contributed by atoms with E-state index in [9.17, 15) is 4.79 Å². The molecule has 1 aromatic carbocycles. The zero-order valence-electron chi connectivity index (χ0n) is 16.9. The third-order valence-corrected chi connectivity index (χ3v) is 6.97. The predicted molar refractivity (Wildman–Crippen MR) is 117 cm³/mol. The zero-order chi connectivity index (χ0) is 20.1. The number of aromatic nitrogens is 3. The first-order valence-electron chi connectivity index (χ1n) is 11.0. The Kier molecular flexibility index (Phi) is 3.97. The maximum Gasteiger partial charge on any atom is 0.268 e. The summed E-state index contributed by atoms with van der Waals surface area (Å²) in [4.78, 5) is 22.1. The van der Waals surface area contributed by atoms with Crippen LogP contribution in [-0.4, -0.2) is 39.6 Å². The van der Waals surface area contributed by atoms with Crippen molar-refractivity contribution in [2.75, 3.05) is 23.7 Å². The molecule has 154 valence electrons. The van der Waals surface area contributed by atoms with Gasteiger partial charge in [-0.05, 0) is 37.0 Å². The summed E-state index contributed by atoms with van der Waals surface area (Å²) in [5.41, 5.74) is 4.06. The highest BCUT2D eigenvalue weighted by molar-refractivity contribution is 5.99. The van der Waals surface area contributed by atoms with Gasteiger partial charge in [0.1, 0.15) is 11.3 Å². The molecule has 1 aliphatic carbocycles. The predicted octanol–water partition coefficient (Wildman–Crippen LogP) is 3.28. The Bertz CT molecular complexity index is 1130. The Morgan fingerprint density at radius 3 is 2.90 bits per heavy atom. The van der Waals surface area contributed by atoms with E-state index >= 15 is 0 Å². The van der Waals surface area contributed by atoms with Crippen LogP contribution in [0.3, 0.4) is 0 Å². The van der Waals surface area contributed by atoms with E-state index in [-0.39, 0.29) is 17.5 Å². The van der Waals surface area contributed by atoms with Crippen molar-refractivity contribution >= 4 is 28.6 Å². The molecule has 6 rings (SSSR count). The van der Waals surface area contributed by atoms with Crippen LogP contribution in [0.15, 0.2) is 36.5 Å². The summed E-state index contributed by atoms with van der Waals surface area (Å²) in [6, 6.07) is 10.6. The van der Waals surface area contributed by atoms with Gasteiger partial charge in [0.2, 0.25) is 5.95 Å². The Morgan fingerprint density at radius 2 is 2.00 bits per heavy atom. The molecule has 4 heterocycles. The molecule has 7 heteroatoms. The third-order valence-electron chi connectivity index (χ3n) is 6.97. The topological polar surface area (TPSA) is 83.9 Å². The van der Waals surface area contributed by atoms with Crippen molar-refractivity contribution in [3.63, 3.8) is 0 Å². The zero-order valence-corrected chi connectivity index (χ0v) is 16.9. The van der Waals surface area contributed by atoms with Crippen LogP contribution in [0.1, 0.15) is 48.2 Å².